The number of hydrogen-bond acceptors (Lipinski definition) is 6. The van der Waals surface area contributed by atoms with E-state index in [1.54, 1.807) is 12.1 Å². The Balaban J connectivity index is 1.39. The number of rotatable bonds is 6. The molecule has 1 N–H and O–H groups in total. The van der Waals surface area contributed by atoms with Crippen molar-refractivity contribution in [2.24, 2.45) is 0 Å². The first-order chi connectivity index (χ1) is 15.7. The van der Waals surface area contributed by atoms with Gasteiger partial charge in [0, 0.05) is 24.2 Å². The molecule has 1 fully saturated rings. The number of alkyl halides is 3. The number of aryl methyl sites for hydroxylation is 1. The first-order valence-corrected chi connectivity index (χ1v) is 10.1. The molecule has 4 rings (SSSR count). The van der Waals surface area contributed by atoms with Crippen LogP contribution in [-0.4, -0.2) is 34.9 Å². The molecule has 1 aliphatic rings. The Morgan fingerprint density at radius 2 is 1.85 bits per heavy atom. The maximum Gasteiger partial charge on any atom is 0.573 e. The molecule has 33 heavy (non-hydrogen) atoms. The van der Waals surface area contributed by atoms with Crippen LogP contribution in [0.1, 0.15) is 41.1 Å². The normalized spacial score (nSPS) is 16.2. The van der Waals surface area contributed by atoms with E-state index in [1.165, 1.54) is 17.0 Å². The van der Waals surface area contributed by atoms with Crippen molar-refractivity contribution < 1.29 is 31.9 Å². The summed E-state index contributed by atoms with van der Waals surface area (Å²) < 4.78 is 46.3. The zero-order valence-electron chi connectivity index (χ0n) is 17.4. The molecule has 2 aromatic carbocycles. The van der Waals surface area contributed by atoms with Crippen molar-refractivity contribution in [1.82, 2.24) is 10.2 Å². The van der Waals surface area contributed by atoms with Gasteiger partial charge in [0.25, 0.3) is 5.91 Å². The lowest BCUT2D eigenvalue weighted by atomic mass is 10.1. The molecule has 0 radical (unpaired) electrons. The SMILES string of the molecule is CCc1ccc(C(=O)Nc2nnc([C@@H]3CC(=O)N(c4ccc(OC(F)(F)F)cc4)C3)o2)cc1. The van der Waals surface area contributed by atoms with Crippen molar-refractivity contribution in [3.63, 3.8) is 0 Å². The molecule has 0 spiro atoms. The lowest BCUT2D eigenvalue weighted by Crippen LogP contribution is -2.24. The van der Waals surface area contributed by atoms with Gasteiger partial charge in [-0.05, 0) is 48.4 Å². The lowest BCUT2D eigenvalue weighted by molar-refractivity contribution is -0.274. The minimum Gasteiger partial charge on any atom is -0.407 e. The maximum atomic E-state index is 12.4. The molecule has 3 aromatic rings. The Morgan fingerprint density at radius 3 is 2.48 bits per heavy atom. The average Bonchev–Trinajstić information content (AvgIpc) is 3.40. The predicted octanol–water partition coefficient (Wildman–Crippen LogP) is 4.30. The second kappa shape index (κ2) is 8.93. The summed E-state index contributed by atoms with van der Waals surface area (Å²) in [6.07, 6.45) is -3.85. The van der Waals surface area contributed by atoms with Crippen molar-refractivity contribution >= 4 is 23.5 Å². The molecule has 0 aliphatic carbocycles. The van der Waals surface area contributed by atoms with Gasteiger partial charge in [-0.1, -0.05) is 24.2 Å². The van der Waals surface area contributed by atoms with Crippen LogP contribution < -0.4 is 15.0 Å². The Kier molecular flexibility index (Phi) is 6.03. The summed E-state index contributed by atoms with van der Waals surface area (Å²) in [4.78, 5) is 26.2. The molecule has 1 saturated heterocycles. The summed E-state index contributed by atoms with van der Waals surface area (Å²) >= 11 is 0. The van der Waals surface area contributed by atoms with E-state index in [9.17, 15) is 22.8 Å². The van der Waals surface area contributed by atoms with Gasteiger partial charge < -0.3 is 14.1 Å². The smallest absolute Gasteiger partial charge is 0.407 e. The van der Waals surface area contributed by atoms with Gasteiger partial charge in [0.05, 0.1) is 5.92 Å². The van der Waals surface area contributed by atoms with Crippen LogP contribution in [0, 0.1) is 0 Å². The zero-order valence-corrected chi connectivity index (χ0v) is 17.4. The maximum absolute atomic E-state index is 12.4. The van der Waals surface area contributed by atoms with E-state index in [1.807, 2.05) is 19.1 Å². The Morgan fingerprint density at radius 1 is 1.15 bits per heavy atom. The first-order valence-electron chi connectivity index (χ1n) is 10.1. The molecule has 2 heterocycles. The third-order valence-electron chi connectivity index (χ3n) is 5.14. The number of carbonyl (C=O) groups is 2. The quantitative estimate of drug-likeness (QED) is 0.589. The fraction of sp³-hybridized carbons (Fsp3) is 0.273. The Hall–Kier alpha value is -3.89. The van der Waals surface area contributed by atoms with Crippen LogP contribution in [-0.2, 0) is 11.2 Å². The highest BCUT2D eigenvalue weighted by Gasteiger charge is 2.35. The van der Waals surface area contributed by atoms with Crippen LogP contribution in [0.15, 0.2) is 52.9 Å². The second-order valence-electron chi connectivity index (χ2n) is 7.40. The van der Waals surface area contributed by atoms with Crippen LogP contribution in [0.4, 0.5) is 24.9 Å². The summed E-state index contributed by atoms with van der Waals surface area (Å²) in [5.41, 5.74) is 1.96. The summed E-state index contributed by atoms with van der Waals surface area (Å²) in [5.74, 6) is -1.27. The van der Waals surface area contributed by atoms with Crippen LogP contribution in [0.3, 0.4) is 0 Å². The highest BCUT2D eigenvalue weighted by molar-refractivity contribution is 6.03. The average molecular weight is 460 g/mol. The van der Waals surface area contributed by atoms with Gasteiger partial charge in [0.15, 0.2) is 0 Å². The van der Waals surface area contributed by atoms with Crippen molar-refractivity contribution in [2.45, 2.75) is 32.0 Å². The summed E-state index contributed by atoms with van der Waals surface area (Å²) in [5, 5.41) is 10.3. The molecule has 8 nitrogen and oxygen atoms in total. The first kappa shape index (κ1) is 22.3. The zero-order chi connectivity index (χ0) is 23.6. The molecule has 2 amide bonds. The molecular formula is C22H19F3N4O4. The molecule has 1 aromatic heterocycles. The number of benzene rings is 2. The van der Waals surface area contributed by atoms with E-state index in [-0.39, 0.29) is 36.5 Å². The molecule has 172 valence electrons. The van der Waals surface area contributed by atoms with Crippen LogP contribution >= 0.6 is 0 Å². The van der Waals surface area contributed by atoms with Crippen LogP contribution in [0.25, 0.3) is 0 Å². The summed E-state index contributed by atoms with van der Waals surface area (Å²) in [6, 6.07) is 12.0. The summed E-state index contributed by atoms with van der Waals surface area (Å²) in [7, 11) is 0. The van der Waals surface area contributed by atoms with Gasteiger partial charge in [0.2, 0.25) is 11.8 Å². The van der Waals surface area contributed by atoms with Crippen molar-refractivity contribution in [3.05, 3.63) is 65.5 Å². The fourth-order valence-electron chi connectivity index (χ4n) is 3.46. The van der Waals surface area contributed by atoms with Gasteiger partial charge in [-0.15, -0.1) is 18.3 Å². The molecule has 0 bridgehead atoms. The number of hydrogen-bond donors (Lipinski definition) is 1. The van der Waals surface area contributed by atoms with Crippen molar-refractivity contribution in [1.29, 1.82) is 0 Å². The molecule has 1 atom stereocenters. The summed E-state index contributed by atoms with van der Waals surface area (Å²) in [6.45, 7) is 2.22. The number of anilines is 2. The number of amides is 2. The number of halogens is 3. The van der Waals surface area contributed by atoms with Crippen LogP contribution in [0.2, 0.25) is 0 Å². The molecule has 0 saturated carbocycles. The minimum absolute atomic E-state index is 0.0782. The molecule has 11 heteroatoms. The van der Waals surface area contributed by atoms with E-state index in [0.29, 0.717) is 11.3 Å². The van der Waals surface area contributed by atoms with Crippen molar-refractivity contribution in [3.8, 4) is 5.75 Å². The third-order valence-corrected chi connectivity index (χ3v) is 5.14. The van der Waals surface area contributed by atoms with E-state index in [4.69, 9.17) is 4.42 Å². The van der Waals surface area contributed by atoms with Gasteiger partial charge in [-0.2, -0.15) is 0 Å². The molecule has 1 aliphatic heterocycles. The number of carbonyl (C=O) groups excluding carboxylic acids is 2. The lowest BCUT2D eigenvalue weighted by Gasteiger charge is -2.17. The van der Waals surface area contributed by atoms with E-state index < -0.39 is 18.2 Å². The van der Waals surface area contributed by atoms with E-state index in [0.717, 1.165) is 24.1 Å². The van der Waals surface area contributed by atoms with Crippen LogP contribution in [0.5, 0.6) is 5.75 Å². The Labute approximate surface area is 186 Å². The topological polar surface area (TPSA) is 97.6 Å². The predicted molar refractivity (Wildman–Crippen MR) is 111 cm³/mol. The molecular weight excluding hydrogens is 441 g/mol. The number of nitrogens with zero attached hydrogens (tertiary/aromatic N) is 3. The second-order valence-corrected chi connectivity index (χ2v) is 7.40. The Bertz CT molecular complexity index is 1140. The number of ether oxygens (including phenoxy) is 1. The largest absolute Gasteiger partial charge is 0.573 e. The minimum atomic E-state index is -4.79. The number of nitrogens with one attached hydrogen (secondary N) is 1. The number of aromatic nitrogens is 2. The molecule has 0 unspecified atom stereocenters. The van der Waals surface area contributed by atoms with Gasteiger partial charge >= 0.3 is 12.4 Å². The van der Waals surface area contributed by atoms with E-state index in [2.05, 4.69) is 20.3 Å². The monoisotopic (exact) mass is 460 g/mol. The fourth-order valence-corrected chi connectivity index (χ4v) is 3.46. The van der Waals surface area contributed by atoms with Crippen molar-refractivity contribution in [2.75, 3.05) is 16.8 Å². The van der Waals surface area contributed by atoms with E-state index >= 15 is 0 Å². The van der Waals surface area contributed by atoms with Gasteiger partial charge in [-0.3, -0.25) is 14.9 Å². The third kappa shape index (κ3) is 5.30. The highest BCUT2D eigenvalue weighted by Crippen LogP contribution is 2.33. The standard InChI is InChI=1S/C22H19F3N4O4/c1-2-13-3-5-14(6-4-13)19(31)26-21-28-27-20(32-21)15-11-18(30)29(12-15)16-7-9-17(10-8-16)33-22(23,24)25/h3-10,15H,2,11-12H2,1H3,(H,26,28,31)/t15-/m1/s1. The van der Waals surface area contributed by atoms with Gasteiger partial charge in [0.1, 0.15) is 5.75 Å². The highest BCUT2D eigenvalue weighted by atomic mass is 19.4. The van der Waals surface area contributed by atoms with Gasteiger partial charge in [-0.25, -0.2) is 0 Å².